The van der Waals surface area contributed by atoms with E-state index in [1.165, 1.54) is 24.3 Å². The van der Waals surface area contributed by atoms with Gasteiger partial charge in [0.15, 0.2) is 0 Å². The van der Waals surface area contributed by atoms with E-state index in [4.69, 9.17) is 12.8 Å². The molecule has 20 heavy (non-hydrogen) atoms. The van der Waals surface area contributed by atoms with Crippen molar-refractivity contribution >= 4 is 22.7 Å². The smallest absolute Gasteiger partial charge is 0.336 e. The second kappa shape index (κ2) is 4.79. The van der Waals surface area contributed by atoms with Gasteiger partial charge in [0.1, 0.15) is 0 Å². The molecular formula is C16H8O4. The predicted octanol–water partition coefficient (Wildman–Crippen LogP) is 2.20. The van der Waals surface area contributed by atoms with Gasteiger partial charge in [0.2, 0.25) is 0 Å². The van der Waals surface area contributed by atoms with E-state index in [0.29, 0.717) is 11.1 Å². The molecule has 0 aliphatic carbocycles. The summed E-state index contributed by atoms with van der Waals surface area (Å²) in [6, 6.07) is 5.56. The summed E-state index contributed by atoms with van der Waals surface area (Å²) < 4.78 is 0. The molecule has 0 aromatic heterocycles. The molecule has 0 saturated carbocycles. The zero-order chi connectivity index (χ0) is 14.9. The lowest BCUT2D eigenvalue weighted by Crippen LogP contribution is -2.04. The Hall–Kier alpha value is -3.24. The van der Waals surface area contributed by atoms with E-state index in [0.717, 1.165) is 0 Å². The van der Waals surface area contributed by atoms with Crippen molar-refractivity contribution < 1.29 is 19.8 Å². The largest absolute Gasteiger partial charge is 0.478 e. The van der Waals surface area contributed by atoms with Crippen LogP contribution in [0.4, 0.5) is 0 Å². The minimum atomic E-state index is -1.20. The number of aromatic carboxylic acids is 2. The van der Waals surface area contributed by atoms with Crippen molar-refractivity contribution in [1.82, 2.24) is 0 Å². The van der Waals surface area contributed by atoms with E-state index in [1.54, 1.807) is 0 Å². The summed E-state index contributed by atoms with van der Waals surface area (Å²) in [5, 5.41) is 19.0. The van der Waals surface area contributed by atoms with Gasteiger partial charge in [0.05, 0.1) is 11.1 Å². The van der Waals surface area contributed by atoms with Crippen LogP contribution >= 0.6 is 0 Å². The molecule has 0 amide bonds. The SMILES string of the molecule is C#Cc1cc(C(=O)O)c2cc(C#C)cc(C(=O)O)c2c1. The van der Waals surface area contributed by atoms with E-state index >= 15 is 0 Å². The van der Waals surface area contributed by atoms with Crippen LogP contribution < -0.4 is 0 Å². The Kier molecular flexibility index (Phi) is 3.16. The maximum atomic E-state index is 11.3. The van der Waals surface area contributed by atoms with Crippen LogP contribution in [0.15, 0.2) is 24.3 Å². The van der Waals surface area contributed by atoms with Crippen LogP contribution in [0.3, 0.4) is 0 Å². The Bertz CT molecular complexity index is 761. The number of carbonyl (C=O) groups is 2. The van der Waals surface area contributed by atoms with Crippen LogP contribution in [-0.4, -0.2) is 22.2 Å². The van der Waals surface area contributed by atoms with Crippen LogP contribution in [0.5, 0.6) is 0 Å². The second-order valence-corrected chi connectivity index (χ2v) is 4.04. The third kappa shape index (κ3) is 2.07. The van der Waals surface area contributed by atoms with Gasteiger partial charge in [0.25, 0.3) is 0 Å². The third-order valence-corrected chi connectivity index (χ3v) is 2.86. The summed E-state index contributed by atoms with van der Waals surface area (Å²) in [5.41, 5.74) is 0.446. The van der Waals surface area contributed by atoms with Crippen LogP contribution in [0.1, 0.15) is 31.8 Å². The number of hydrogen-bond donors (Lipinski definition) is 2. The highest BCUT2D eigenvalue weighted by Crippen LogP contribution is 2.26. The van der Waals surface area contributed by atoms with Gasteiger partial charge >= 0.3 is 11.9 Å². The molecule has 0 heterocycles. The molecule has 0 fully saturated rings. The van der Waals surface area contributed by atoms with Crippen molar-refractivity contribution in [3.05, 3.63) is 46.5 Å². The summed E-state index contributed by atoms with van der Waals surface area (Å²) in [6.45, 7) is 0. The Balaban J connectivity index is 3.04. The van der Waals surface area contributed by atoms with Crippen molar-refractivity contribution in [2.24, 2.45) is 0 Å². The molecule has 0 aliphatic rings. The first-order valence-corrected chi connectivity index (χ1v) is 5.49. The number of fused-ring (bicyclic) bond motifs is 1. The normalized spacial score (nSPS) is 9.70. The zero-order valence-corrected chi connectivity index (χ0v) is 10.2. The number of benzene rings is 2. The van der Waals surface area contributed by atoms with Gasteiger partial charge in [0, 0.05) is 11.1 Å². The van der Waals surface area contributed by atoms with Crippen molar-refractivity contribution in [1.29, 1.82) is 0 Å². The molecule has 0 spiro atoms. The molecule has 0 aliphatic heterocycles. The molecule has 0 radical (unpaired) electrons. The lowest BCUT2D eigenvalue weighted by molar-refractivity contribution is 0.0686. The van der Waals surface area contributed by atoms with Gasteiger partial charge in [-0.05, 0) is 35.0 Å². The highest BCUT2D eigenvalue weighted by Gasteiger charge is 2.16. The highest BCUT2D eigenvalue weighted by atomic mass is 16.4. The minimum absolute atomic E-state index is 0.0740. The molecule has 2 aromatic rings. The number of carboxylic acid groups (broad SMARTS) is 2. The highest BCUT2D eigenvalue weighted by molar-refractivity contribution is 6.11. The standard InChI is InChI=1S/C16H8O4/c1-3-9-5-11-12(13(7-9)15(17)18)6-10(4-2)8-14(11)16(19)20/h1-2,5-8H,(H,17,18)(H,19,20). The fourth-order valence-corrected chi connectivity index (χ4v) is 1.98. The maximum Gasteiger partial charge on any atom is 0.336 e. The van der Waals surface area contributed by atoms with Gasteiger partial charge in [-0.1, -0.05) is 11.8 Å². The molecule has 0 unspecified atom stereocenters. The van der Waals surface area contributed by atoms with Gasteiger partial charge < -0.3 is 10.2 Å². The quantitative estimate of drug-likeness (QED) is 0.815. The molecule has 4 nitrogen and oxygen atoms in total. The Morgan fingerprint density at radius 3 is 1.40 bits per heavy atom. The van der Waals surface area contributed by atoms with Gasteiger partial charge in [-0.2, -0.15) is 0 Å². The molecular weight excluding hydrogens is 256 g/mol. The van der Waals surface area contributed by atoms with E-state index in [2.05, 4.69) is 11.8 Å². The van der Waals surface area contributed by atoms with E-state index < -0.39 is 11.9 Å². The van der Waals surface area contributed by atoms with Crippen molar-refractivity contribution in [2.75, 3.05) is 0 Å². The fraction of sp³-hybridized carbons (Fsp3) is 0. The molecule has 0 atom stereocenters. The summed E-state index contributed by atoms with van der Waals surface area (Å²) in [4.78, 5) is 22.6. The lowest BCUT2D eigenvalue weighted by atomic mass is 9.95. The molecule has 2 aromatic carbocycles. The number of carboxylic acids is 2. The van der Waals surface area contributed by atoms with Gasteiger partial charge in [-0.3, -0.25) is 0 Å². The molecule has 2 N–H and O–H groups in total. The van der Waals surface area contributed by atoms with Crippen LogP contribution in [0.2, 0.25) is 0 Å². The summed E-state index contributed by atoms with van der Waals surface area (Å²) >= 11 is 0. The Morgan fingerprint density at radius 2 is 1.15 bits per heavy atom. The summed E-state index contributed by atoms with van der Waals surface area (Å²) in [7, 11) is 0. The second-order valence-electron chi connectivity index (χ2n) is 4.04. The first-order chi connectivity index (χ1) is 9.47. The fourth-order valence-electron chi connectivity index (χ4n) is 1.98. The third-order valence-electron chi connectivity index (χ3n) is 2.86. The summed E-state index contributed by atoms with van der Waals surface area (Å²) in [6.07, 6.45) is 10.5. The van der Waals surface area contributed by atoms with Crippen LogP contribution in [0, 0.1) is 24.7 Å². The average Bonchev–Trinajstić information content (AvgIpc) is 2.44. The monoisotopic (exact) mass is 264 g/mol. The van der Waals surface area contributed by atoms with Gasteiger partial charge in [-0.25, -0.2) is 9.59 Å². The topological polar surface area (TPSA) is 74.6 Å². The van der Waals surface area contributed by atoms with Crippen molar-refractivity contribution in [2.45, 2.75) is 0 Å². The number of rotatable bonds is 2. The molecule has 0 saturated heterocycles. The zero-order valence-electron chi connectivity index (χ0n) is 10.2. The van der Waals surface area contributed by atoms with Crippen LogP contribution in [0.25, 0.3) is 10.8 Å². The van der Waals surface area contributed by atoms with E-state index in [1.807, 2.05) is 0 Å². The first kappa shape index (κ1) is 13.2. The maximum absolute atomic E-state index is 11.3. The Labute approximate surface area is 114 Å². The average molecular weight is 264 g/mol. The molecule has 2 rings (SSSR count). The minimum Gasteiger partial charge on any atom is -0.478 e. The summed E-state index contributed by atoms with van der Waals surface area (Å²) in [5.74, 6) is 2.23. The lowest BCUT2D eigenvalue weighted by Gasteiger charge is -2.08. The molecule has 0 bridgehead atoms. The van der Waals surface area contributed by atoms with E-state index in [9.17, 15) is 19.8 Å². The Morgan fingerprint density at radius 1 is 0.800 bits per heavy atom. The first-order valence-electron chi connectivity index (χ1n) is 5.49. The predicted molar refractivity (Wildman–Crippen MR) is 73.7 cm³/mol. The van der Waals surface area contributed by atoms with Crippen molar-refractivity contribution in [3.8, 4) is 24.7 Å². The molecule has 4 heteroatoms. The van der Waals surface area contributed by atoms with Gasteiger partial charge in [-0.15, -0.1) is 12.8 Å². The van der Waals surface area contributed by atoms with E-state index in [-0.39, 0.29) is 21.9 Å². The van der Waals surface area contributed by atoms with Crippen LogP contribution in [-0.2, 0) is 0 Å². The molecule has 96 valence electrons. The number of terminal acetylenes is 2. The van der Waals surface area contributed by atoms with Crippen molar-refractivity contribution in [3.63, 3.8) is 0 Å². The number of hydrogen-bond acceptors (Lipinski definition) is 2.